The Balaban J connectivity index is 1.61. The number of carbonyl (C=O) groups excluding carboxylic acids is 1. The molecule has 1 aromatic carbocycles. The molecule has 120 valence electrons. The predicted molar refractivity (Wildman–Crippen MR) is 95.4 cm³/mol. The van der Waals surface area contributed by atoms with E-state index in [-0.39, 0.29) is 5.91 Å². The molecule has 5 nitrogen and oxygen atoms in total. The van der Waals surface area contributed by atoms with Crippen molar-refractivity contribution in [3.05, 3.63) is 60.4 Å². The minimum atomic E-state index is -0.214. The van der Waals surface area contributed by atoms with Crippen molar-refractivity contribution in [2.75, 3.05) is 23.3 Å². The highest BCUT2D eigenvalue weighted by atomic mass is 16.1. The Labute approximate surface area is 140 Å². The molecule has 3 heterocycles. The van der Waals surface area contributed by atoms with E-state index in [1.54, 1.807) is 12.3 Å². The van der Waals surface area contributed by atoms with E-state index in [0.717, 1.165) is 29.8 Å². The van der Waals surface area contributed by atoms with Crippen LogP contribution in [0.3, 0.4) is 0 Å². The Morgan fingerprint density at radius 2 is 1.79 bits per heavy atom. The molecule has 0 atom stereocenters. The molecule has 1 aliphatic rings. The molecule has 2 aromatic heterocycles. The second-order valence-electron chi connectivity index (χ2n) is 5.91. The van der Waals surface area contributed by atoms with Gasteiger partial charge < -0.3 is 10.2 Å². The summed E-state index contributed by atoms with van der Waals surface area (Å²) < 4.78 is 0. The van der Waals surface area contributed by atoms with E-state index in [1.165, 1.54) is 12.8 Å². The van der Waals surface area contributed by atoms with Crippen LogP contribution in [0.5, 0.6) is 0 Å². The first-order valence-corrected chi connectivity index (χ1v) is 8.18. The lowest BCUT2D eigenvalue weighted by atomic mass is 10.2. The number of amides is 1. The normalized spacial score (nSPS) is 14.1. The van der Waals surface area contributed by atoms with Crippen LogP contribution in [0.1, 0.15) is 23.3 Å². The number of nitrogens with zero attached hydrogens (tertiary/aromatic N) is 3. The molecular formula is C19H18N4O. The molecule has 5 heteroatoms. The third-order valence-corrected chi connectivity index (χ3v) is 4.28. The Morgan fingerprint density at radius 3 is 2.67 bits per heavy atom. The largest absolute Gasteiger partial charge is 0.357 e. The van der Waals surface area contributed by atoms with Crippen molar-refractivity contribution >= 4 is 28.3 Å². The van der Waals surface area contributed by atoms with E-state index in [2.05, 4.69) is 20.2 Å². The summed E-state index contributed by atoms with van der Waals surface area (Å²) in [7, 11) is 0. The average Bonchev–Trinajstić information content (AvgIpc) is 3.17. The second kappa shape index (κ2) is 6.28. The molecule has 1 saturated heterocycles. The van der Waals surface area contributed by atoms with Gasteiger partial charge in [-0.25, -0.2) is 4.98 Å². The minimum absolute atomic E-state index is 0.214. The van der Waals surface area contributed by atoms with Crippen molar-refractivity contribution in [1.82, 2.24) is 9.97 Å². The van der Waals surface area contributed by atoms with Crippen LogP contribution in [0.4, 0.5) is 11.5 Å². The smallest absolute Gasteiger partial charge is 0.274 e. The first-order chi connectivity index (χ1) is 11.8. The Hall–Kier alpha value is -2.95. The number of hydrogen-bond donors (Lipinski definition) is 1. The summed E-state index contributed by atoms with van der Waals surface area (Å²) in [6, 6.07) is 15.2. The fraction of sp³-hybridized carbons (Fsp3) is 0.211. The van der Waals surface area contributed by atoms with Gasteiger partial charge in [0, 0.05) is 24.7 Å². The molecule has 3 aromatic rings. The number of aromatic nitrogens is 2. The van der Waals surface area contributed by atoms with Gasteiger partial charge >= 0.3 is 0 Å². The molecule has 1 N–H and O–H groups in total. The van der Waals surface area contributed by atoms with Crippen molar-refractivity contribution in [2.45, 2.75) is 12.8 Å². The van der Waals surface area contributed by atoms with Crippen LogP contribution in [0, 0.1) is 0 Å². The Morgan fingerprint density at radius 1 is 1.00 bits per heavy atom. The van der Waals surface area contributed by atoms with Crippen molar-refractivity contribution in [3.8, 4) is 0 Å². The highest BCUT2D eigenvalue weighted by molar-refractivity contribution is 6.07. The highest BCUT2D eigenvalue weighted by Crippen LogP contribution is 2.22. The number of benzene rings is 1. The van der Waals surface area contributed by atoms with Crippen molar-refractivity contribution in [2.24, 2.45) is 0 Å². The zero-order valence-electron chi connectivity index (χ0n) is 13.3. The zero-order chi connectivity index (χ0) is 16.4. The number of para-hydroxylation sites is 1. The van der Waals surface area contributed by atoms with E-state index in [4.69, 9.17) is 0 Å². The summed E-state index contributed by atoms with van der Waals surface area (Å²) in [5.41, 5.74) is 1.91. The topological polar surface area (TPSA) is 58.1 Å². The maximum absolute atomic E-state index is 12.6. The van der Waals surface area contributed by atoms with Crippen molar-refractivity contribution in [1.29, 1.82) is 0 Å². The molecule has 0 bridgehead atoms. The fourth-order valence-corrected chi connectivity index (χ4v) is 3.06. The quantitative estimate of drug-likeness (QED) is 0.803. The lowest BCUT2D eigenvalue weighted by molar-refractivity contribution is 0.102. The summed E-state index contributed by atoms with van der Waals surface area (Å²) in [6.07, 6.45) is 4.09. The van der Waals surface area contributed by atoms with Crippen LogP contribution in [0.15, 0.2) is 54.7 Å². The molecule has 0 aliphatic carbocycles. The van der Waals surface area contributed by atoms with Crippen LogP contribution in [-0.4, -0.2) is 29.0 Å². The van der Waals surface area contributed by atoms with E-state index >= 15 is 0 Å². The first kappa shape index (κ1) is 14.6. The van der Waals surface area contributed by atoms with Crippen LogP contribution in [0.25, 0.3) is 10.9 Å². The molecule has 0 radical (unpaired) electrons. The van der Waals surface area contributed by atoms with Crippen LogP contribution in [0.2, 0.25) is 0 Å². The van der Waals surface area contributed by atoms with Gasteiger partial charge in [0.15, 0.2) is 0 Å². The van der Waals surface area contributed by atoms with Crippen molar-refractivity contribution < 1.29 is 4.79 Å². The number of pyridine rings is 2. The summed E-state index contributed by atoms with van der Waals surface area (Å²) in [5.74, 6) is 0.658. The Bertz CT molecular complexity index is 882. The fourth-order valence-electron chi connectivity index (χ4n) is 3.06. The van der Waals surface area contributed by atoms with Gasteiger partial charge in [0.25, 0.3) is 5.91 Å². The van der Waals surface area contributed by atoms with Gasteiger partial charge in [-0.2, -0.15) is 0 Å². The number of fused-ring (bicyclic) bond motifs is 1. The minimum Gasteiger partial charge on any atom is -0.357 e. The van der Waals surface area contributed by atoms with E-state index < -0.39 is 0 Å². The second-order valence-corrected chi connectivity index (χ2v) is 5.91. The summed E-state index contributed by atoms with van der Waals surface area (Å²) in [6.45, 7) is 2.01. The van der Waals surface area contributed by atoms with Gasteiger partial charge in [-0.05, 0) is 37.1 Å². The maximum Gasteiger partial charge on any atom is 0.274 e. The Kier molecular flexibility index (Phi) is 3.83. The number of hydrogen-bond acceptors (Lipinski definition) is 4. The lowest BCUT2D eigenvalue weighted by Gasteiger charge is -2.16. The van der Waals surface area contributed by atoms with Gasteiger partial charge in [0.1, 0.15) is 11.5 Å². The molecule has 0 unspecified atom stereocenters. The third-order valence-electron chi connectivity index (χ3n) is 4.28. The standard InChI is InChI=1S/C19H18N4O/c24-19(16-9-4-10-17(21-16)23-12-1-2-13-23)22-15-8-3-6-14-7-5-11-20-18(14)15/h3-11H,1-2,12-13H2,(H,22,24). The molecule has 1 amide bonds. The third kappa shape index (κ3) is 2.80. The highest BCUT2D eigenvalue weighted by Gasteiger charge is 2.16. The van der Waals surface area contributed by atoms with E-state index in [1.807, 2.05) is 42.5 Å². The van der Waals surface area contributed by atoms with Crippen molar-refractivity contribution in [3.63, 3.8) is 0 Å². The SMILES string of the molecule is O=C(Nc1cccc2cccnc12)c1cccc(N2CCCC2)n1. The van der Waals surface area contributed by atoms with Gasteiger partial charge in [-0.1, -0.05) is 24.3 Å². The van der Waals surface area contributed by atoms with E-state index in [0.29, 0.717) is 11.4 Å². The van der Waals surface area contributed by atoms with Crippen LogP contribution in [-0.2, 0) is 0 Å². The average molecular weight is 318 g/mol. The molecule has 0 spiro atoms. The molecule has 0 saturated carbocycles. The van der Waals surface area contributed by atoms with Crippen LogP contribution < -0.4 is 10.2 Å². The lowest BCUT2D eigenvalue weighted by Crippen LogP contribution is -2.21. The number of anilines is 2. The van der Waals surface area contributed by atoms with Gasteiger partial charge in [-0.3, -0.25) is 9.78 Å². The number of carbonyl (C=O) groups is 1. The molecular weight excluding hydrogens is 300 g/mol. The van der Waals surface area contributed by atoms with Gasteiger partial charge in [-0.15, -0.1) is 0 Å². The summed E-state index contributed by atoms with van der Waals surface area (Å²) in [4.78, 5) is 23.7. The molecule has 1 aliphatic heterocycles. The predicted octanol–water partition coefficient (Wildman–Crippen LogP) is 3.48. The summed E-state index contributed by atoms with van der Waals surface area (Å²) in [5, 5.41) is 3.93. The van der Waals surface area contributed by atoms with Crippen LogP contribution >= 0.6 is 0 Å². The van der Waals surface area contributed by atoms with Gasteiger partial charge in [0.05, 0.1) is 11.2 Å². The number of rotatable bonds is 3. The molecule has 1 fully saturated rings. The molecule has 24 heavy (non-hydrogen) atoms. The van der Waals surface area contributed by atoms with E-state index in [9.17, 15) is 4.79 Å². The monoisotopic (exact) mass is 318 g/mol. The maximum atomic E-state index is 12.6. The molecule has 4 rings (SSSR count). The first-order valence-electron chi connectivity index (χ1n) is 8.18. The van der Waals surface area contributed by atoms with Gasteiger partial charge in [0.2, 0.25) is 0 Å². The number of nitrogens with one attached hydrogen (secondary N) is 1. The summed E-state index contributed by atoms with van der Waals surface area (Å²) >= 11 is 0. The zero-order valence-corrected chi connectivity index (χ0v) is 13.3.